The Morgan fingerprint density at radius 3 is 2.79 bits per heavy atom. The van der Waals surface area contributed by atoms with Crippen molar-refractivity contribution in [2.75, 3.05) is 13.2 Å². The van der Waals surface area contributed by atoms with Crippen molar-refractivity contribution in [2.45, 2.75) is 44.1 Å². The zero-order valence-corrected chi connectivity index (χ0v) is 14.2. The molecule has 0 radical (unpaired) electrons. The molecule has 0 saturated carbocycles. The summed E-state index contributed by atoms with van der Waals surface area (Å²) in [5.41, 5.74) is 1.48. The van der Waals surface area contributed by atoms with E-state index in [1.54, 1.807) is 0 Å². The molecule has 2 N–H and O–H groups in total. The summed E-state index contributed by atoms with van der Waals surface area (Å²) in [6.07, 6.45) is 4.19. The number of benzene rings is 1. The predicted molar refractivity (Wildman–Crippen MR) is 90.7 cm³/mol. The monoisotopic (exact) mass is 328 g/mol. The molecule has 128 valence electrons. The molecule has 0 aliphatic carbocycles. The fourth-order valence-electron chi connectivity index (χ4n) is 3.69. The Balaban J connectivity index is 1.72. The number of nitrogens with one attached hydrogen (secondary N) is 2. The van der Waals surface area contributed by atoms with Crippen molar-refractivity contribution in [1.29, 1.82) is 0 Å². The number of ether oxygens (including phenoxy) is 1. The predicted octanol–water partition coefficient (Wildman–Crippen LogP) is 2.45. The van der Waals surface area contributed by atoms with Crippen LogP contribution in [-0.2, 0) is 10.2 Å². The molecular formula is C18H24N4O2. The number of carbonyl (C=O) groups excluding carboxylic acids is 1. The number of amides is 1. The number of aromatic amines is 1. The second-order valence-electron chi connectivity index (χ2n) is 7.04. The van der Waals surface area contributed by atoms with Crippen molar-refractivity contribution in [1.82, 2.24) is 20.7 Å². The molecule has 1 aliphatic rings. The lowest BCUT2D eigenvalue weighted by atomic mass is 9.67. The Labute approximate surface area is 142 Å². The van der Waals surface area contributed by atoms with E-state index in [0.29, 0.717) is 12.2 Å². The van der Waals surface area contributed by atoms with Crippen LogP contribution in [0.3, 0.4) is 0 Å². The van der Waals surface area contributed by atoms with E-state index in [0.717, 1.165) is 25.9 Å². The highest BCUT2D eigenvalue weighted by atomic mass is 16.5. The van der Waals surface area contributed by atoms with Crippen molar-refractivity contribution < 1.29 is 9.53 Å². The lowest BCUT2D eigenvalue weighted by Crippen LogP contribution is -2.45. The normalized spacial score (nSPS) is 22.9. The first-order valence-corrected chi connectivity index (χ1v) is 8.34. The van der Waals surface area contributed by atoms with Crippen LogP contribution in [0.5, 0.6) is 0 Å². The number of hydrogen-bond donors (Lipinski definition) is 2. The summed E-state index contributed by atoms with van der Waals surface area (Å²) < 4.78 is 5.92. The molecule has 0 bridgehead atoms. The fraction of sp³-hybridized carbons (Fsp3) is 0.500. The van der Waals surface area contributed by atoms with Crippen LogP contribution < -0.4 is 5.32 Å². The van der Waals surface area contributed by atoms with Crippen LogP contribution in [0.2, 0.25) is 0 Å². The van der Waals surface area contributed by atoms with Gasteiger partial charge in [-0.3, -0.25) is 4.79 Å². The van der Waals surface area contributed by atoms with Crippen molar-refractivity contribution in [2.24, 2.45) is 0 Å². The number of nitrogens with zero attached hydrogens (tertiary/aromatic N) is 2. The third kappa shape index (κ3) is 3.64. The topological polar surface area (TPSA) is 79.9 Å². The summed E-state index contributed by atoms with van der Waals surface area (Å²) in [7, 11) is 0. The van der Waals surface area contributed by atoms with Crippen LogP contribution in [0.15, 0.2) is 36.5 Å². The molecule has 1 unspecified atom stereocenters. The van der Waals surface area contributed by atoms with Gasteiger partial charge in [0.25, 0.3) is 5.91 Å². The highest BCUT2D eigenvalue weighted by Crippen LogP contribution is 2.43. The Kier molecular flexibility index (Phi) is 4.66. The first-order chi connectivity index (χ1) is 11.5. The van der Waals surface area contributed by atoms with Gasteiger partial charge in [-0.1, -0.05) is 30.3 Å². The van der Waals surface area contributed by atoms with Gasteiger partial charge in [0.05, 0.1) is 11.8 Å². The molecule has 3 rings (SSSR count). The quantitative estimate of drug-likeness (QED) is 0.883. The van der Waals surface area contributed by atoms with Crippen LogP contribution >= 0.6 is 0 Å². The second-order valence-corrected chi connectivity index (χ2v) is 7.04. The number of rotatable bonds is 5. The minimum Gasteiger partial charge on any atom is -0.376 e. The smallest absolute Gasteiger partial charge is 0.273 e. The summed E-state index contributed by atoms with van der Waals surface area (Å²) in [6, 6.07) is 10.6. The maximum absolute atomic E-state index is 12.1. The third-order valence-corrected chi connectivity index (χ3v) is 4.76. The van der Waals surface area contributed by atoms with E-state index < -0.39 is 0 Å². The van der Waals surface area contributed by atoms with Gasteiger partial charge in [-0.15, -0.1) is 0 Å². The summed E-state index contributed by atoms with van der Waals surface area (Å²) >= 11 is 0. The molecule has 1 aromatic carbocycles. The van der Waals surface area contributed by atoms with E-state index in [2.05, 4.69) is 58.8 Å². The third-order valence-electron chi connectivity index (χ3n) is 4.76. The molecule has 1 saturated heterocycles. The largest absolute Gasteiger partial charge is 0.376 e. The molecule has 1 atom stereocenters. The zero-order valence-electron chi connectivity index (χ0n) is 14.2. The van der Waals surface area contributed by atoms with Gasteiger partial charge >= 0.3 is 0 Å². The van der Waals surface area contributed by atoms with Crippen LogP contribution in [0, 0.1) is 0 Å². The molecule has 6 heteroatoms. The minimum absolute atomic E-state index is 0.0140. The molecule has 24 heavy (non-hydrogen) atoms. The SMILES string of the molecule is CC1(C)CC(CCNC(=O)c2cn[nH]n2)(c2ccccc2)CCO1. The first-order valence-electron chi connectivity index (χ1n) is 8.34. The molecular weight excluding hydrogens is 304 g/mol. The second kappa shape index (κ2) is 6.73. The molecule has 2 heterocycles. The summed E-state index contributed by atoms with van der Waals surface area (Å²) in [5.74, 6) is -0.196. The average molecular weight is 328 g/mol. The van der Waals surface area contributed by atoms with Crippen molar-refractivity contribution in [3.8, 4) is 0 Å². The van der Waals surface area contributed by atoms with Crippen molar-refractivity contribution >= 4 is 5.91 Å². The average Bonchev–Trinajstić information content (AvgIpc) is 3.09. The first kappa shape index (κ1) is 16.6. The highest BCUT2D eigenvalue weighted by Gasteiger charge is 2.41. The van der Waals surface area contributed by atoms with Crippen LogP contribution in [0.4, 0.5) is 0 Å². The van der Waals surface area contributed by atoms with Crippen LogP contribution in [-0.4, -0.2) is 40.1 Å². The van der Waals surface area contributed by atoms with Gasteiger partial charge in [0.2, 0.25) is 0 Å². The van der Waals surface area contributed by atoms with Gasteiger partial charge < -0.3 is 10.1 Å². The van der Waals surface area contributed by atoms with Crippen LogP contribution in [0.25, 0.3) is 0 Å². The minimum atomic E-state index is -0.196. The van der Waals surface area contributed by atoms with E-state index in [-0.39, 0.29) is 16.9 Å². The number of aromatic nitrogens is 3. The van der Waals surface area contributed by atoms with E-state index in [1.165, 1.54) is 11.8 Å². The van der Waals surface area contributed by atoms with Crippen molar-refractivity contribution in [3.63, 3.8) is 0 Å². The number of hydrogen-bond acceptors (Lipinski definition) is 4. The highest BCUT2D eigenvalue weighted by molar-refractivity contribution is 5.91. The molecule has 1 aliphatic heterocycles. The zero-order chi connectivity index (χ0) is 17.0. The maximum atomic E-state index is 12.1. The molecule has 1 amide bonds. The van der Waals surface area contributed by atoms with Gasteiger partial charge in [-0.25, -0.2) is 0 Å². The van der Waals surface area contributed by atoms with E-state index in [9.17, 15) is 4.79 Å². The Bertz CT molecular complexity index is 670. The van der Waals surface area contributed by atoms with E-state index in [4.69, 9.17) is 4.74 Å². The summed E-state index contributed by atoms with van der Waals surface area (Å²) in [4.78, 5) is 12.1. The molecule has 0 spiro atoms. The van der Waals surface area contributed by atoms with E-state index in [1.807, 2.05) is 6.07 Å². The van der Waals surface area contributed by atoms with Gasteiger partial charge in [-0.05, 0) is 38.7 Å². The lowest BCUT2D eigenvalue weighted by Gasteiger charge is -2.45. The van der Waals surface area contributed by atoms with Crippen LogP contribution in [0.1, 0.15) is 49.2 Å². The van der Waals surface area contributed by atoms with Gasteiger partial charge in [-0.2, -0.15) is 15.4 Å². The standard InChI is InChI=1S/C18H24N4O2/c1-17(2)13-18(9-11-24-17,14-6-4-3-5-7-14)8-10-19-16(23)15-12-20-22-21-15/h3-7,12H,8-11,13H2,1-2H3,(H,19,23)(H,20,21,22). The Morgan fingerprint density at radius 2 is 2.12 bits per heavy atom. The Morgan fingerprint density at radius 1 is 1.33 bits per heavy atom. The number of H-pyrrole nitrogens is 1. The van der Waals surface area contributed by atoms with Gasteiger partial charge in [0.15, 0.2) is 5.69 Å². The summed E-state index contributed by atoms with van der Waals surface area (Å²) in [5, 5.41) is 12.9. The van der Waals surface area contributed by atoms with Crippen molar-refractivity contribution in [3.05, 3.63) is 47.8 Å². The fourth-order valence-corrected chi connectivity index (χ4v) is 3.69. The molecule has 1 aromatic heterocycles. The van der Waals surface area contributed by atoms with Gasteiger partial charge in [0, 0.05) is 18.6 Å². The molecule has 2 aromatic rings. The van der Waals surface area contributed by atoms with Gasteiger partial charge in [0.1, 0.15) is 0 Å². The molecule has 6 nitrogen and oxygen atoms in total. The lowest BCUT2D eigenvalue weighted by molar-refractivity contribution is -0.0838. The van der Waals surface area contributed by atoms with E-state index >= 15 is 0 Å². The maximum Gasteiger partial charge on any atom is 0.273 e. The molecule has 1 fully saturated rings. The Hall–Kier alpha value is -2.21. The summed E-state index contributed by atoms with van der Waals surface area (Å²) in [6.45, 7) is 5.60. The number of carbonyl (C=O) groups is 1.